The van der Waals surface area contributed by atoms with Crippen molar-refractivity contribution in [3.8, 4) is 0 Å². The lowest BCUT2D eigenvalue weighted by molar-refractivity contribution is 0.157. The minimum absolute atomic E-state index is 0.0806. The molecule has 0 aliphatic carbocycles. The second-order valence-electron chi connectivity index (χ2n) is 5.58. The van der Waals surface area contributed by atoms with Crippen molar-refractivity contribution in [3.63, 3.8) is 0 Å². The summed E-state index contributed by atoms with van der Waals surface area (Å²) in [5.41, 5.74) is 2.53. The molecule has 0 saturated heterocycles. The molecule has 0 atom stereocenters. The molecule has 20 heavy (non-hydrogen) atoms. The Morgan fingerprint density at radius 1 is 1.20 bits per heavy atom. The van der Waals surface area contributed by atoms with Crippen LogP contribution >= 0.6 is 0 Å². The molecular weight excluding hydrogens is 258 g/mol. The van der Waals surface area contributed by atoms with Crippen LogP contribution in [0.4, 0.5) is 17.8 Å². The van der Waals surface area contributed by atoms with Crippen molar-refractivity contribution in [1.82, 2.24) is 15.0 Å². The summed E-state index contributed by atoms with van der Waals surface area (Å²) >= 11 is 0. The van der Waals surface area contributed by atoms with Crippen LogP contribution in [0.15, 0.2) is 0 Å². The fraction of sp³-hybridized carbons (Fsp3) is 0.750. The first-order chi connectivity index (χ1) is 9.38. The van der Waals surface area contributed by atoms with E-state index in [0.717, 1.165) is 19.6 Å². The molecule has 0 aromatic carbocycles. The predicted molar refractivity (Wildman–Crippen MR) is 80.7 cm³/mol. The van der Waals surface area contributed by atoms with E-state index in [1.165, 1.54) is 0 Å². The zero-order chi connectivity index (χ0) is 15.2. The molecule has 1 rings (SSSR count). The molecule has 0 spiro atoms. The van der Waals surface area contributed by atoms with Crippen molar-refractivity contribution in [2.24, 2.45) is 11.3 Å². The van der Waals surface area contributed by atoms with Crippen LogP contribution in [0.2, 0.25) is 0 Å². The van der Waals surface area contributed by atoms with Gasteiger partial charge in [0.25, 0.3) is 0 Å². The summed E-state index contributed by atoms with van der Waals surface area (Å²) in [5.74, 6) is 6.75. The number of ether oxygens (including phenoxy) is 1. The monoisotopic (exact) mass is 283 g/mol. The highest BCUT2D eigenvalue weighted by Crippen LogP contribution is 2.21. The van der Waals surface area contributed by atoms with Crippen molar-refractivity contribution in [3.05, 3.63) is 0 Å². The van der Waals surface area contributed by atoms with Crippen LogP contribution in [0.3, 0.4) is 0 Å². The Morgan fingerprint density at radius 2 is 1.85 bits per heavy atom. The van der Waals surface area contributed by atoms with Crippen molar-refractivity contribution in [2.75, 3.05) is 50.0 Å². The van der Waals surface area contributed by atoms with Gasteiger partial charge >= 0.3 is 0 Å². The van der Waals surface area contributed by atoms with Gasteiger partial charge in [0.05, 0.1) is 0 Å². The van der Waals surface area contributed by atoms with Crippen molar-refractivity contribution in [2.45, 2.75) is 20.3 Å². The Kier molecular flexibility index (Phi) is 5.90. The maximum absolute atomic E-state index is 5.37. The van der Waals surface area contributed by atoms with Gasteiger partial charge in [-0.25, -0.2) is 5.84 Å². The van der Waals surface area contributed by atoms with E-state index < -0.39 is 0 Å². The molecule has 0 aliphatic rings. The Labute approximate surface area is 120 Å². The van der Waals surface area contributed by atoms with Gasteiger partial charge in [-0.2, -0.15) is 15.0 Å². The number of aromatic nitrogens is 3. The first-order valence-corrected chi connectivity index (χ1v) is 6.51. The molecule has 1 aromatic heterocycles. The zero-order valence-corrected chi connectivity index (χ0v) is 12.9. The fourth-order valence-corrected chi connectivity index (χ4v) is 1.49. The summed E-state index contributed by atoms with van der Waals surface area (Å²) in [6.07, 6.45) is 0.949. The standard InChI is InChI=1S/C12H25N7O/c1-12(2,6-7-20-5)8-14-9-15-10(18-13)17-11(16-9)19(3)4/h6-8,13H2,1-5H3,(H2,14,15,16,17,18). The third-order valence-electron chi connectivity index (χ3n) is 2.86. The summed E-state index contributed by atoms with van der Waals surface area (Å²) in [7, 11) is 5.43. The van der Waals surface area contributed by atoms with E-state index in [4.69, 9.17) is 10.6 Å². The van der Waals surface area contributed by atoms with E-state index >= 15 is 0 Å². The molecule has 0 radical (unpaired) electrons. The average Bonchev–Trinajstić information content (AvgIpc) is 2.42. The number of nitrogens with two attached hydrogens (primary N) is 1. The maximum Gasteiger partial charge on any atom is 0.243 e. The lowest BCUT2D eigenvalue weighted by Gasteiger charge is -2.24. The van der Waals surface area contributed by atoms with E-state index in [2.05, 4.69) is 39.5 Å². The van der Waals surface area contributed by atoms with Gasteiger partial charge in [0.2, 0.25) is 17.8 Å². The van der Waals surface area contributed by atoms with Crippen LogP contribution in [0, 0.1) is 5.41 Å². The number of anilines is 3. The number of nitrogens with one attached hydrogen (secondary N) is 2. The minimum atomic E-state index is 0.0806. The Balaban J connectivity index is 2.74. The highest BCUT2D eigenvalue weighted by molar-refractivity contribution is 5.42. The quantitative estimate of drug-likeness (QED) is 0.473. The molecule has 0 unspecified atom stereocenters. The predicted octanol–water partition coefficient (Wildman–Crippen LogP) is 0.698. The minimum Gasteiger partial charge on any atom is -0.385 e. The molecule has 1 heterocycles. The van der Waals surface area contributed by atoms with Crippen molar-refractivity contribution >= 4 is 17.8 Å². The van der Waals surface area contributed by atoms with Gasteiger partial charge < -0.3 is 15.0 Å². The van der Waals surface area contributed by atoms with Gasteiger partial charge in [-0.3, -0.25) is 5.43 Å². The summed E-state index contributed by atoms with van der Waals surface area (Å²) < 4.78 is 5.11. The largest absolute Gasteiger partial charge is 0.385 e. The molecular formula is C12H25N7O. The molecule has 114 valence electrons. The van der Waals surface area contributed by atoms with Crippen LogP contribution in [-0.2, 0) is 4.74 Å². The molecule has 8 heteroatoms. The molecule has 0 aliphatic heterocycles. The average molecular weight is 283 g/mol. The number of hydrogen-bond acceptors (Lipinski definition) is 8. The van der Waals surface area contributed by atoms with E-state index in [1.807, 2.05) is 14.1 Å². The van der Waals surface area contributed by atoms with Gasteiger partial charge in [-0.15, -0.1) is 0 Å². The first-order valence-electron chi connectivity index (χ1n) is 6.51. The normalized spacial score (nSPS) is 11.3. The lowest BCUT2D eigenvalue weighted by Crippen LogP contribution is -2.26. The zero-order valence-electron chi connectivity index (χ0n) is 12.9. The number of nitrogens with zero attached hydrogens (tertiary/aromatic N) is 4. The number of nitrogen functional groups attached to an aromatic ring is 1. The molecule has 0 saturated carbocycles. The number of methoxy groups -OCH3 is 1. The molecule has 1 aromatic rings. The van der Waals surface area contributed by atoms with Crippen LogP contribution in [-0.4, -0.2) is 49.3 Å². The smallest absolute Gasteiger partial charge is 0.243 e. The summed E-state index contributed by atoms with van der Waals surface area (Å²) in [6, 6.07) is 0. The van der Waals surface area contributed by atoms with Gasteiger partial charge in [0.1, 0.15) is 0 Å². The van der Waals surface area contributed by atoms with Crippen molar-refractivity contribution in [1.29, 1.82) is 0 Å². The molecule has 0 amide bonds. The third-order valence-corrected chi connectivity index (χ3v) is 2.86. The second kappa shape index (κ2) is 7.20. The SMILES string of the molecule is COCCC(C)(C)CNc1nc(NN)nc(N(C)C)n1. The first kappa shape index (κ1) is 16.4. The van der Waals surface area contributed by atoms with Crippen LogP contribution in [0.25, 0.3) is 0 Å². The number of rotatable bonds is 8. The van der Waals surface area contributed by atoms with E-state index in [0.29, 0.717) is 17.8 Å². The van der Waals surface area contributed by atoms with Crippen LogP contribution in [0.5, 0.6) is 0 Å². The third kappa shape index (κ3) is 5.14. The molecule has 8 nitrogen and oxygen atoms in total. The Bertz CT molecular complexity index is 422. The van der Waals surface area contributed by atoms with Crippen molar-refractivity contribution < 1.29 is 4.74 Å². The second-order valence-corrected chi connectivity index (χ2v) is 5.58. The topological polar surface area (TPSA) is 101 Å². The van der Waals surface area contributed by atoms with E-state index in [9.17, 15) is 0 Å². The number of hydrogen-bond donors (Lipinski definition) is 3. The highest BCUT2D eigenvalue weighted by Gasteiger charge is 2.18. The Hall–Kier alpha value is -1.67. The van der Waals surface area contributed by atoms with Crippen LogP contribution < -0.4 is 21.5 Å². The lowest BCUT2D eigenvalue weighted by atomic mass is 9.90. The van der Waals surface area contributed by atoms with Gasteiger partial charge in [0.15, 0.2) is 0 Å². The van der Waals surface area contributed by atoms with Gasteiger partial charge in [-0.05, 0) is 11.8 Å². The molecule has 4 N–H and O–H groups in total. The highest BCUT2D eigenvalue weighted by atomic mass is 16.5. The summed E-state index contributed by atoms with van der Waals surface area (Å²) in [6.45, 7) is 5.78. The molecule has 0 bridgehead atoms. The summed E-state index contributed by atoms with van der Waals surface area (Å²) in [4.78, 5) is 14.5. The van der Waals surface area contributed by atoms with Gasteiger partial charge in [-0.1, -0.05) is 13.8 Å². The fourth-order valence-electron chi connectivity index (χ4n) is 1.49. The Morgan fingerprint density at radius 3 is 2.40 bits per heavy atom. The molecule has 0 fully saturated rings. The maximum atomic E-state index is 5.37. The van der Waals surface area contributed by atoms with Crippen LogP contribution in [0.1, 0.15) is 20.3 Å². The number of hydrazine groups is 1. The summed E-state index contributed by atoms with van der Waals surface area (Å²) in [5, 5.41) is 3.22. The van der Waals surface area contributed by atoms with E-state index in [1.54, 1.807) is 12.0 Å². The van der Waals surface area contributed by atoms with E-state index in [-0.39, 0.29) is 5.41 Å². The van der Waals surface area contributed by atoms with Gasteiger partial charge in [0, 0.05) is 34.4 Å².